The van der Waals surface area contributed by atoms with E-state index in [9.17, 15) is 9.59 Å². The number of pyridine rings is 1. The Morgan fingerprint density at radius 2 is 2.00 bits per heavy atom. The van der Waals surface area contributed by atoms with E-state index in [2.05, 4.69) is 20.8 Å². The van der Waals surface area contributed by atoms with Crippen molar-refractivity contribution < 1.29 is 4.79 Å². The van der Waals surface area contributed by atoms with Crippen LogP contribution < -0.4 is 16.2 Å². The number of aromatic nitrogens is 3. The van der Waals surface area contributed by atoms with Crippen molar-refractivity contribution in [2.45, 2.75) is 51.1 Å². The zero-order chi connectivity index (χ0) is 18.1. The lowest BCUT2D eigenvalue weighted by molar-refractivity contribution is 0.0930. The summed E-state index contributed by atoms with van der Waals surface area (Å²) >= 11 is 0. The average Bonchev–Trinajstić information content (AvgIpc) is 3.10. The summed E-state index contributed by atoms with van der Waals surface area (Å²) in [5, 5.41) is 13.5. The Morgan fingerprint density at radius 3 is 2.75 bits per heavy atom. The summed E-state index contributed by atoms with van der Waals surface area (Å²) in [7, 11) is 0. The molecule has 1 aliphatic carbocycles. The van der Waals surface area contributed by atoms with Gasteiger partial charge in [-0.3, -0.25) is 14.7 Å². The molecule has 9 heteroatoms. The number of aromatic amines is 1. The lowest BCUT2D eigenvalue weighted by atomic mass is 9.93. The molecule has 3 N–H and O–H groups in total. The lowest BCUT2D eigenvalue weighted by Gasteiger charge is -2.26. The van der Waals surface area contributed by atoms with Crippen molar-refractivity contribution in [1.82, 2.24) is 25.4 Å². The molecular weight excluding hydrogens is 401 g/mol. The Labute approximate surface area is 176 Å². The summed E-state index contributed by atoms with van der Waals surface area (Å²) in [4.78, 5) is 25.9. The van der Waals surface area contributed by atoms with E-state index >= 15 is 0 Å². The number of halogens is 2. The van der Waals surface area contributed by atoms with Gasteiger partial charge in [-0.2, -0.15) is 5.10 Å². The van der Waals surface area contributed by atoms with Crippen LogP contribution in [0.1, 0.15) is 52.5 Å². The van der Waals surface area contributed by atoms with Gasteiger partial charge >= 0.3 is 0 Å². The maximum atomic E-state index is 13.0. The van der Waals surface area contributed by atoms with Crippen molar-refractivity contribution in [3.63, 3.8) is 0 Å². The van der Waals surface area contributed by atoms with E-state index in [0.29, 0.717) is 0 Å². The standard InChI is InChI=1S/C19H25N5O2.2ClH/c1-12-6-9-24(15-4-7-20-8-5-15)19(26)17(12)18(25)22-14-2-3-16-13(10-14)11-21-23-16;;/h6,9,11,14-15,20H,2-5,7-8,10H2,1H3,(H,21,23)(H,22,25);2*1H. The number of rotatable bonds is 3. The van der Waals surface area contributed by atoms with E-state index in [1.54, 1.807) is 4.57 Å². The molecule has 2 aromatic heterocycles. The molecule has 2 aromatic rings. The highest BCUT2D eigenvalue weighted by Gasteiger charge is 2.25. The summed E-state index contributed by atoms with van der Waals surface area (Å²) in [5.74, 6) is -0.257. The molecule has 0 saturated carbocycles. The predicted octanol–water partition coefficient (Wildman–Crippen LogP) is 1.94. The number of nitrogens with one attached hydrogen (secondary N) is 3. The molecule has 154 valence electrons. The highest BCUT2D eigenvalue weighted by molar-refractivity contribution is 5.95. The number of carbonyl (C=O) groups excluding carboxylic acids is 1. The van der Waals surface area contributed by atoms with Crippen molar-refractivity contribution in [2.75, 3.05) is 13.1 Å². The van der Waals surface area contributed by atoms with Crippen molar-refractivity contribution in [3.8, 4) is 0 Å². The first kappa shape index (κ1) is 22.5. The van der Waals surface area contributed by atoms with Crippen LogP contribution in [-0.2, 0) is 12.8 Å². The van der Waals surface area contributed by atoms with Gasteiger partial charge in [0, 0.05) is 24.0 Å². The predicted molar refractivity (Wildman–Crippen MR) is 113 cm³/mol. The molecule has 28 heavy (non-hydrogen) atoms. The van der Waals surface area contributed by atoms with E-state index in [-0.39, 0.29) is 53.9 Å². The Hall–Kier alpha value is -1.83. The first-order valence-corrected chi connectivity index (χ1v) is 9.38. The van der Waals surface area contributed by atoms with E-state index in [4.69, 9.17) is 0 Å². The fraction of sp³-hybridized carbons (Fsp3) is 0.526. The Morgan fingerprint density at radius 1 is 1.25 bits per heavy atom. The van der Waals surface area contributed by atoms with Crippen LogP contribution in [0.25, 0.3) is 0 Å². The number of aryl methyl sites for hydroxylation is 2. The van der Waals surface area contributed by atoms with Crippen LogP contribution in [0.3, 0.4) is 0 Å². The van der Waals surface area contributed by atoms with Crippen LogP contribution in [0.2, 0.25) is 0 Å². The molecule has 1 unspecified atom stereocenters. The first-order chi connectivity index (χ1) is 12.6. The van der Waals surface area contributed by atoms with E-state index in [1.165, 1.54) is 0 Å². The van der Waals surface area contributed by atoms with E-state index in [1.807, 2.05) is 25.4 Å². The quantitative estimate of drug-likeness (QED) is 0.697. The highest BCUT2D eigenvalue weighted by Crippen LogP contribution is 2.20. The molecule has 4 rings (SSSR count). The third-order valence-corrected chi connectivity index (χ3v) is 5.61. The minimum atomic E-state index is -0.257. The monoisotopic (exact) mass is 427 g/mol. The largest absolute Gasteiger partial charge is 0.349 e. The molecule has 0 aromatic carbocycles. The van der Waals surface area contributed by atoms with Crippen LogP contribution in [0.5, 0.6) is 0 Å². The van der Waals surface area contributed by atoms with Crippen LogP contribution >= 0.6 is 24.8 Å². The van der Waals surface area contributed by atoms with Gasteiger partial charge in [-0.1, -0.05) is 0 Å². The minimum Gasteiger partial charge on any atom is -0.349 e. The fourth-order valence-electron chi connectivity index (χ4n) is 4.09. The van der Waals surface area contributed by atoms with Crippen LogP contribution in [0.4, 0.5) is 0 Å². The Balaban J connectivity index is 0.00000140. The number of piperidine rings is 1. The number of hydrogen-bond acceptors (Lipinski definition) is 4. The molecule has 7 nitrogen and oxygen atoms in total. The van der Waals surface area contributed by atoms with Gasteiger partial charge in [0.05, 0.1) is 6.20 Å². The molecule has 0 spiro atoms. The smallest absolute Gasteiger partial charge is 0.263 e. The third kappa shape index (κ3) is 4.42. The summed E-state index contributed by atoms with van der Waals surface area (Å²) < 4.78 is 1.75. The zero-order valence-electron chi connectivity index (χ0n) is 15.9. The molecule has 1 saturated heterocycles. The minimum absolute atomic E-state index is 0. The van der Waals surface area contributed by atoms with Crippen molar-refractivity contribution in [2.24, 2.45) is 0 Å². The molecule has 2 aliphatic rings. The van der Waals surface area contributed by atoms with Crippen molar-refractivity contribution >= 4 is 30.7 Å². The maximum absolute atomic E-state index is 13.0. The highest BCUT2D eigenvalue weighted by atomic mass is 35.5. The molecule has 0 radical (unpaired) electrons. The van der Waals surface area contributed by atoms with E-state index in [0.717, 1.165) is 62.0 Å². The van der Waals surface area contributed by atoms with Gasteiger partial charge in [0.2, 0.25) is 0 Å². The number of fused-ring (bicyclic) bond motifs is 1. The Bertz CT molecular complexity index is 873. The van der Waals surface area contributed by atoms with Crippen LogP contribution in [0.15, 0.2) is 23.3 Å². The van der Waals surface area contributed by atoms with Crippen molar-refractivity contribution in [1.29, 1.82) is 0 Å². The summed E-state index contributed by atoms with van der Waals surface area (Å²) in [5.41, 5.74) is 3.15. The van der Waals surface area contributed by atoms with Crippen LogP contribution in [0, 0.1) is 6.92 Å². The number of carbonyl (C=O) groups is 1. The van der Waals surface area contributed by atoms with Gasteiger partial charge in [-0.05, 0) is 69.3 Å². The van der Waals surface area contributed by atoms with Gasteiger partial charge in [-0.25, -0.2) is 0 Å². The number of nitrogens with zero attached hydrogens (tertiary/aromatic N) is 2. The zero-order valence-corrected chi connectivity index (χ0v) is 17.5. The molecule has 3 heterocycles. The maximum Gasteiger partial charge on any atom is 0.263 e. The summed E-state index contributed by atoms with van der Waals surface area (Å²) in [6, 6.07) is 2.09. The summed E-state index contributed by atoms with van der Waals surface area (Å²) in [6.07, 6.45) is 7.97. The average molecular weight is 428 g/mol. The summed E-state index contributed by atoms with van der Waals surface area (Å²) in [6.45, 7) is 3.64. The molecule has 1 amide bonds. The number of hydrogen-bond donors (Lipinski definition) is 3. The number of amides is 1. The fourth-order valence-corrected chi connectivity index (χ4v) is 4.09. The van der Waals surface area contributed by atoms with Crippen molar-refractivity contribution in [3.05, 3.63) is 51.2 Å². The third-order valence-electron chi connectivity index (χ3n) is 5.61. The SMILES string of the molecule is Cc1ccn(C2CCNCC2)c(=O)c1C(=O)NC1CCc2[nH]ncc2C1.Cl.Cl. The Kier molecular flexibility index (Phi) is 7.69. The van der Waals surface area contributed by atoms with Gasteiger partial charge in [0.25, 0.3) is 11.5 Å². The first-order valence-electron chi connectivity index (χ1n) is 9.38. The van der Waals surface area contributed by atoms with Gasteiger partial charge in [-0.15, -0.1) is 24.8 Å². The molecule has 0 bridgehead atoms. The lowest BCUT2D eigenvalue weighted by Crippen LogP contribution is -2.43. The van der Waals surface area contributed by atoms with E-state index < -0.39 is 0 Å². The molecule has 1 atom stereocenters. The van der Waals surface area contributed by atoms with Gasteiger partial charge < -0.3 is 15.2 Å². The molecular formula is C19H27Cl2N5O2. The van der Waals surface area contributed by atoms with Crippen LogP contribution in [-0.4, -0.2) is 39.8 Å². The molecule has 1 fully saturated rings. The molecule has 1 aliphatic heterocycles. The van der Waals surface area contributed by atoms with Gasteiger partial charge in [0.1, 0.15) is 5.56 Å². The second-order valence-corrected chi connectivity index (χ2v) is 7.35. The van der Waals surface area contributed by atoms with Gasteiger partial charge in [0.15, 0.2) is 0 Å². The second kappa shape index (κ2) is 9.58. The second-order valence-electron chi connectivity index (χ2n) is 7.35. The topological polar surface area (TPSA) is 91.8 Å². The number of H-pyrrole nitrogens is 1. The normalized spacial score (nSPS) is 19.1.